The number of carboxylic acids is 1. The first-order valence-corrected chi connectivity index (χ1v) is 6.20. The minimum Gasteiger partial charge on any atom is -0.481 e. The van der Waals surface area contributed by atoms with Crippen molar-refractivity contribution in [2.45, 2.75) is 0 Å². The number of pyridine rings is 1. The molecule has 0 bridgehead atoms. The number of hydrogen-bond acceptors (Lipinski definition) is 3. The summed E-state index contributed by atoms with van der Waals surface area (Å²) in [6.07, 6.45) is 0. The molecule has 0 unspecified atom stereocenters. The zero-order valence-corrected chi connectivity index (χ0v) is 10.5. The van der Waals surface area contributed by atoms with Crippen molar-refractivity contribution in [1.82, 2.24) is 9.88 Å². The van der Waals surface area contributed by atoms with E-state index in [1.807, 2.05) is 0 Å². The van der Waals surface area contributed by atoms with Crippen molar-refractivity contribution in [3.8, 4) is 0 Å². The number of nitrogens with one attached hydrogen (secondary N) is 1. The van der Waals surface area contributed by atoms with Gasteiger partial charge in [-0.15, -0.1) is 0 Å². The Morgan fingerprint density at radius 1 is 1.25 bits per heavy atom. The first kappa shape index (κ1) is 12.4. The molecule has 6 nitrogen and oxygen atoms in total. The smallest absolute Gasteiger partial charge is 0.310 e. The van der Waals surface area contributed by atoms with Crippen LogP contribution in [0.4, 0.5) is 0 Å². The summed E-state index contributed by atoms with van der Waals surface area (Å²) in [6.45, 7) is 0.367. The van der Waals surface area contributed by atoms with E-state index < -0.39 is 11.9 Å². The molecule has 2 N–H and O–H groups in total. The van der Waals surface area contributed by atoms with Crippen LogP contribution in [0.2, 0.25) is 0 Å². The van der Waals surface area contributed by atoms with Gasteiger partial charge in [-0.3, -0.25) is 14.4 Å². The molecular formula is C14H12N2O4. The molecule has 2 heterocycles. The number of H-pyrrole nitrogens is 1. The molecule has 6 heteroatoms. The first-order chi connectivity index (χ1) is 9.56. The summed E-state index contributed by atoms with van der Waals surface area (Å²) in [5.41, 5.74) is -0.126. The molecule has 1 saturated heterocycles. The Kier molecular flexibility index (Phi) is 2.78. The zero-order chi connectivity index (χ0) is 14.3. The van der Waals surface area contributed by atoms with E-state index in [0.29, 0.717) is 10.8 Å². The Hall–Kier alpha value is -2.63. The number of nitrogens with zero attached hydrogens (tertiary/aromatic N) is 1. The van der Waals surface area contributed by atoms with Crippen molar-refractivity contribution in [2.75, 3.05) is 13.1 Å². The van der Waals surface area contributed by atoms with Gasteiger partial charge in [0.1, 0.15) is 5.69 Å². The average Bonchev–Trinajstić information content (AvgIpc) is 2.36. The van der Waals surface area contributed by atoms with E-state index in [0.717, 1.165) is 0 Å². The Morgan fingerprint density at radius 2 is 1.95 bits per heavy atom. The topological polar surface area (TPSA) is 90.5 Å². The number of carbonyl (C=O) groups excluding carboxylic acids is 1. The normalized spacial score (nSPS) is 15.1. The Morgan fingerprint density at radius 3 is 2.65 bits per heavy atom. The number of aromatic amines is 1. The molecule has 0 saturated carbocycles. The number of amides is 1. The average molecular weight is 272 g/mol. The van der Waals surface area contributed by atoms with Crippen LogP contribution in [-0.4, -0.2) is 40.0 Å². The van der Waals surface area contributed by atoms with Crippen molar-refractivity contribution in [3.63, 3.8) is 0 Å². The highest BCUT2D eigenvalue weighted by Gasteiger charge is 2.36. The van der Waals surface area contributed by atoms with Crippen LogP contribution in [0.25, 0.3) is 10.8 Å². The van der Waals surface area contributed by atoms with E-state index in [-0.39, 0.29) is 30.2 Å². The largest absolute Gasteiger partial charge is 0.481 e. The Labute approximate surface area is 113 Å². The van der Waals surface area contributed by atoms with Crippen molar-refractivity contribution >= 4 is 22.6 Å². The minimum absolute atomic E-state index is 0.184. The maximum Gasteiger partial charge on any atom is 0.310 e. The van der Waals surface area contributed by atoms with Crippen molar-refractivity contribution in [2.24, 2.45) is 5.92 Å². The molecule has 0 radical (unpaired) electrons. The van der Waals surface area contributed by atoms with Crippen LogP contribution in [0.15, 0.2) is 35.1 Å². The number of carboxylic acid groups (broad SMARTS) is 1. The summed E-state index contributed by atoms with van der Waals surface area (Å²) >= 11 is 0. The van der Waals surface area contributed by atoms with Crippen LogP contribution in [0, 0.1) is 5.92 Å². The molecule has 102 valence electrons. The quantitative estimate of drug-likeness (QED) is 0.841. The zero-order valence-electron chi connectivity index (χ0n) is 10.5. The maximum absolute atomic E-state index is 12.2. The monoisotopic (exact) mass is 272 g/mol. The fraction of sp³-hybridized carbons (Fsp3) is 0.214. The van der Waals surface area contributed by atoms with Crippen molar-refractivity contribution < 1.29 is 14.7 Å². The summed E-state index contributed by atoms with van der Waals surface area (Å²) in [7, 11) is 0. The predicted octanol–water partition coefficient (Wildman–Crippen LogP) is 0.685. The van der Waals surface area contributed by atoms with Crippen LogP contribution < -0.4 is 5.56 Å². The van der Waals surface area contributed by atoms with Gasteiger partial charge in [-0.1, -0.05) is 18.2 Å². The van der Waals surface area contributed by atoms with Gasteiger partial charge in [0.05, 0.1) is 5.92 Å². The van der Waals surface area contributed by atoms with Crippen LogP contribution in [0.3, 0.4) is 0 Å². The van der Waals surface area contributed by atoms with Gasteiger partial charge >= 0.3 is 5.97 Å². The molecule has 1 fully saturated rings. The Bertz CT molecular complexity index is 759. The molecule has 1 aliphatic rings. The fourth-order valence-corrected chi connectivity index (χ4v) is 2.30. The van der Waals surface area contributed by atoms with Gasteiger partial charge in [0.15, 0.2) is 0 Å². The lowest BCUT2D eigenvalue weighted by molar-refractivity contribution is -0.146. The number of aliphatic carboxylic acids is 1. The molecule has 1 aromatic carbocycles. The third-order valence-corrected chi connectivity index (χ3v) is 3.50. The molecule has 0 atom stereocenters. The molecule has 0 spiro atoms. The van der Waals surface area contributed by atoms with E-state index in [4.69, 9.17) is 5.11 Å². The van der Waals surface area contributed by atoms with E-state index in [1.165, 1.54) is 4.90 Å². The summed E-state index contributed by atoms with van der Waals surface area (Å²) in [6, 6.07) is 8.61. The van der Waals surface area contributed by atoms with Gasteiger partial charge in [-0.2, -0.15) is 0 Å². The third-order valence-electron chi connectivity index (χ3n) is 3.50. The molecule has 2 aromatic rings. The fourth-order valence-electron chi connectivity index (χ4n) is 2.30. The van der Waals surface area contributed by atoms with Crippen LogP contribution in [0.1, 0.15) is 10.5 Å². The molecule has 0 aliphatic carbocycles. The van der Waals surface area contributed by atoms with Gasteiger partial charge in [0, 0.05) is 18.5 Å². The lowest BCUT2D eigenvalue weighted by Crippen LogP contribution is -2.53. The maximum atomic E-state index is 12.2. The number of benzene rings is 1. The highest BCUT2D eigenvalue weighted by atomic mass is 16.4. The van der Waals surface area contributed by atoms with Gasteiger partial charge < -0.3 is 15.0 Å². The van der Waals surface area contributed by atoms with Gasteiger partial charge in [0.2, 0.25) is 0 Å². The lowest BCUT2D eigenvalue weighted by Gasteiger charge is -2.36. The summed E-state index contributed by atoms with van der Waals surface area (Å²) in [4.78, 5) is 38.7. The molecule has 20 heavy (non-hydrogen) atoms. The van der Waals surface area contributed by atoms with E-state index in [2.05, 4.69) is 4.98 Å². The molecule has 1 aromatic heterocycles. The van der Waals surface area contributed by atoms with Crippen LogP contribution in [0.5, 0.6) is 0 Å². The number of carbonyl (C=O) groups is 2. The molecule has 1 aliphatic heterocycles. The number of fused-ring (bicyclic) bond motifs is 1. The minimum atomic E-state index is -0.902. The highest BCUT2D eigenvalue weighted by Crippen LogP contribution is 2.19. The van der Waals surface area contributed by atoms with E-state index in [1.54, 1.807) is 30.3 Å². The van der Waals surface area contributed by atoms with Crippen LogP contribution in [-0.2, 0) is 4.79 Å². The Balaban J connectivity index is 1.90. The van der Waals surface area contributed by atoms with E-state index in [9.17, 15) is 14.4 Å². The van der Waals surface area contributed by atoms with Crippen LogP contribution >= 0.6 is 0 Å². The summed E-state index contributed by atoms with van der Waals surface area (Å²) in [5.74, 6) is -1.75. The highest BCUT2D eigenvalue weighted by molar-refractivity contribution is 5.97. The molecule has 3 rings (SSSR count). The number of aromatic nitrogens is 1. The SMILES string of the molecule is O=C(O)C1CN(C(=O)c2cc3ccccc3c(=O)[nH]2)C1. The number of likely N-dealkylation sites (tertiary alicyclic amines) is 1. The molecular weight excluding hydrogens is 260 g/mol. The second-order valence-corrected chi connectivity index (χ2v) is 4.84. The van der Waals surface area contributed by atoms with Gasteiger partial charge in [-0.05, 0) is 17.5 Å². The third kappa shape index (κ3) is 1.95. The van der Waals surface area contributed by atoms with Gasteiger partial charge in [0.25, 0.3) is 11.5 Å². The number of hydrogen-bond donors (Lipinski definition) is 2. The van der Waals surface area contributed by atoms with Crippen molar-refractivity contribution in [1.29, 1.82) is 0 Å². The van der Waals surface area contributed by atoms with Crippen molar-refractivity contribution in [3.05, 3.63) is 46.4 Å². The second-order valence-electron chi connectivity index (χ2n) is 4.84. The number of rotatable bonds is 2. The summed E-state index contributed by atoms with van der Waals surface area (Å²) < 4.78 is 0. The summed E-state index contributed by atoms with van der Waals surface area (Å²) in [5, 5.41) is 10.0. The molecule has 1 amide bonds. The second kappa shape index (κ2) is 4.48. The predicted molar refractivity (Wildman–Crippen MR) is 71.6 cm³/mol. The lowest BCUT2D eigenvalue weighted by atomic mass is 10.00. The van der Waals surface area contributed by atoms with E-state index >= 15 is 0 Å². The standard InChI is InChI=1S/C14H12N2O4/c17-12-10-4-2-1-3-8(10)5-11(15-12)13(18)16-6-9(7-16)14(19)20/h1-5,9H,6-7H2,(H,15,17)(H,19,20). The van der Waals surface area contributed by atoms with Gasteiger partial charge in [-0.25, -0.2) is 0 Å². The first-order valence-electron chi connectivity index (χ1n) is 6.20.